The summed E-state index contributed by atoms with van der Waals surface area (Å²) in [4.78, 5) is 26.3. The summed E-state index contributed by atoms with van der Waals surface area (Å²) in [5.74, 6) is 2.64. The molecular formula is C24H22NO3S2+. The molecule has 1 aromatic carbocycles. The smallest absolute Gasteiger partial charge is 0.310 e. The topological polar surface area (TPSA) is 47.3 Å². The quantitative estimate of drug-likeness (QED) is 0.173. The molecule has 2 heterocycles. The van der Waals surface area contributed by atoms with Crippen LogP contribution in [0.3, 0.4) is 0 Å². The molecule has 30 heavy (non-hydrogen) atoms. The van der Waals surface area contributed by atoms with E-state index in [0.29, 0.717) is 21.8 Å². The second-order valence-corrected chi connectivity index (χ2v) is 8.76. The molecule has 0 aliphatic heterocycles. The molecule has 3 rings (SSSR count). The lowest BCUT2D eigenvalue weighted by molar-refractivity contribution is -0.598. The number of esters is 1. The Morgan fingerprint density at radius 3 is 2.50 bits per heavy atom. The number of carbonyl (C=O) groups excluding carboxylic acids is 2. The van der Waals surface area contributed by atoms with Gasteiger partial charge < -0.3 is 4.74 Å². The Labute approximate surface area is 184 Å². The third-order valence-electron chi connectivity index (χ3n) is 4.36. The van der Waals surface area contributed by atoms with Gasteiger partial charge in [-0.1, -0.05) is 48.0 Å². The molecule has 0 atom stereocenters. The van der Waals surface area contributed by atoms with Crippen LogP contribution in [0.15, 0.2) is 59.1 Å². The van der Waals surface area contributed by atoms with Crippen LogP contribution in [0.1, 0.15) is 33.3 Å². The predicted molar refractivity (Wildman–Crippen MR) is 120 cm³/mol. The summed E-state index contributed by atoms with van der Waals surface area (Å²) in [6.45, 7) is 4.07. The Hall–Kier alpha value is -2.88. The number of terminal acetylenes is 1. The molecule has 6 heteroatoms. The summed E-state index contributed by atoms with van der Waals surface area (Å²) in [5.41, 5.74) is 3.18. The molecule has 0 saturated carbocycles. The number of thioether (sulfide) groups is 1. The molecule has 0 spiro atoms. The van der Waals surface area contributed by atoms with Gasteiger partial charge in [0.05, 0.1) is 29.2 Å². The van der Waals surface area contributed by atoms with E-state index in [9.17, 15) is 9.59 Å². The lowest BCUT2D eigenvalue weighted by Gasteiger charge is -2.05. The molecule has 0 saturated heterocycles. The zero-order chi connectivity index (χ0) is 21.5. The number of rotatable bonds is 8. The van der Waals surface area contributed by atoms with Crippen molar-refractivity contribution in [3.8, 4) is 18.0 Å². The van der Waals surface area contributed by atoms with Crippen LogP contribution < -0.4 is 4.57 Å². The number of ketones is 1. The SMILES string of the molecule is C#CCSc1sc(C(=O)c2ccccc2)c(CC(=O)OCC)c1-[n+]1ccc(C)cc1. The van der Waals surface area contributed by atoms with Gasteiger partial charge in [0, 0.05) is 17.7 Å². The fourth-order valence-electron chi connectivity index (χ4n) is 2.97. The van der Waals surface area contributed by atoms with Crippen LogP contribution >= 0.6 is 23.1 Å². The number of hydrogen-bond acceptors (Lipinski definition) is 5. The molecule has 0 aliphatic carbocycles. The van der Waals surface area contributed by atoms with Gasteiger partial charge in [-0.25, -0.2) is 0 Å². The van der Waals surface area contributed by atoms with E-state index < -0.39 is 0 Å². The number of ether oxygens (including phenoxy) is 1. The summed E-state index contributed by atoms with van der Waals surface area (Å²) >= 11 is 2.87. The number of aryl methyl sites for hydroxylation is 1. The lowest BCUT2D eigenvalue weighted by atomic mass is 10.0. The van der Waals surface area contributed by atoms with Crippen LogP contribution in [0, 0.1) is 19.3 Å². The number of carbonyl (C=O) groups is 2. The summed E-state index contributed by atoms with van der Waals surface area (Å²) in [6, 6.07) is 13.1. The Kier molecular flexibility index (Phi) is 7.45. The standard InChI is InChI=1S/C24H22NO3S2/c1-4-15-29-24-21(25-13-11-17(3)12-14-25)19(16-20(26)28-5-2)23(30-24)22(27)18-9-7-6-8-10-18/h1,6-14H,5,15-16H2,2-3H3/q+1. The summed E-state index contributed by atoms with van der Waals surface area (Å²) in [6.07, 6.45) is 9.37. The Balaban J connectivity index is 2.19. The van der Waals surface area contributed by atoms with Gasteiger partial charge in [0.2, 0.25) is 11.5 Å². The Morgan fingerprint density at radius 2 is 1.87 bits per heavy atom. The van der Waals surface area contributed by atoms with Gasteiger partial charge in [0.1, 0.15) is 4.21 Å². The molecule has 0 bridgehead atoms. The van der Waals surface area contributed by atoms with Gasteiger partial charge in [0.25, 0.3) is 0 Å². The highest BCUT2D eigenvalue weighted by atomic mass is 32.2. The maximum atomic E-state index is 13.3. The zero-order valence-electron chi connectivity index (χ0n) is 16.9. The van der Waals surface area contributed by atoms with Crippen molar-refractivity contribution in [1.29, 1.82) is 0 Å². The molecular weight excluding hydrogens is 414 g/mol. The van der Waals surface area contributed by atoms with E-state index >= 15 is 0 Å². The molecule has 0 aliphatic rings. The largest absolute Gasteiger partial charge is 0.466 e. The van der Waals surface area contributed by atoms with E-state index in [1.54, 1.807) is 19.1 Å². The van der Waals surface area contributed by atoms with E-state index in [1.165, 1.54) is 23.1 Å². The van der Waals surface area contributed by atoms with Crippen molar-refractivity contribution in [1.82, 2.24) is 0 Å². The normalized spacial score (nSPS) is 10.4. The van der Waals surface area contributed by atoms with Gasteiger partial charge in [-0.15, -0.1) is 17.8 Å². The fourth-order valence-corrected chi connectivity index (χ4v) is 5.23. The van der Waals surface area contributed by atoms with Crippen LogP contribution in [0.4, 0.5) is 0 Å². The average molecular weight is 437 g/mol. The van der Waals surface area contributed by atoms with Crippen molar-refractivity contribution < 1.29 is 18.9 Å². The zero-order valence-corrected chi connectivity index (χ0v) is 18.5. The van der Waals surface area contributed by atoms with E-state index in [4.69, 9.17) is 11.2 Å². The molecule has 0 radical (unpaired) electrons. The second kappa shape index (κ2) is 10.2. The van der Waals surface area contributed by atoms with Crippen LogP contribution in [-0.2, 0) is 16.0 Å². The van der Waals surface area contributed by atoms with Gasteiger partial charge in [-0.3, -0.25) is 9.59 Å². The van der Waals surface area contributed by atoms with Crippen LogP contribution in [-0.4, -0.2) is 24.1 Å². The summed E-state index contributed by atoms with van der Waals surface area (Å²) in [7, 11) is 0. The first-order valence-corrected chi connectivity index (χ1v) is 11.3. The van der Waals surface area contributed by atoms with Crippen molar-refractivity contribution in [3.63, 3.8) is 0 Å². The minimum absolute atomic E-state index is 0.0189. The second-order valence-electron chi connectivity index (χ2n) is 6.50. The van der Waals surface area contributed by atoms with E-state index in [0.717, 1.165) is 15.5 Å². The summed E-state index contributed by atoms with van der Waals surface area (Å²) < 4.78 is 8.04. The highest BCUT2D eigenvalue weighted by Crippen LogP contribution is 2.38. The van der Waals surface area contributed by atoms with E-state index in [1.807, 2.05) is 54.2 Å². The van der Waals surface area contributed by atoms with Gasteiger partial charge in [-0.2, -0.15) is 4.57 Å². The van der Waals surface area contributed by atoms with Crippen molar-refractivity contribution in [2.75, 3.05) is 12.4 Å². The van der Waals surface area contributed by atoms with E-state index in [2.05, 4.69) is 5.92 Å². The average Bonchev–Trinajstić information content (AvgIpc) is 3.11. The number of pyridine rings is 1. The molecule has 4 nitrogen and oxygen atoms in total. The maximum Gasteiger partial charge on any atom is 0.310 e. The molecule has 2 aromatic heterocycles. The molecule has 0 fully saturated rings. The number of hydrogen-bond donors (Lipinski definition) is 0. The molecule has 3 aromatic rings. The molecule has 0 unspecified atom stereocenters. The lowest BCUT2D eigenvalue weighted by Crippen LogP contribution is -2.31. The van der Waals surface area contributed by atoms with Gasteiger partial charge >= 0.3 is 5.97 Å². The number of benzene rings is 1. The minimum Gasteiger partial charge on any atom is -0.466 e. The molecule has 152 valence electrons. The number of aromatic nitrogens is 1. The predicted octanol–water partition coefficient (Wildman–Crippen LogP) is 4.40. The molecule has 0 amide bonds. The number of nitrogens with zero attached hydrogens (tertiary/aromatic N) is 1. The van der Waals surface area contributed by atoms with Crippen molar-refractivity contribution in [3.05, 3.63) is 76.4 Å². The highest BCUT2D eigenvalue weighted by Gasteiger charge is 2.31. The molecule has 0 N–H and O–H groups in total. The van der Waals surface area contributed by atoms with Gasteiger partial charge in [0.15, 0.2) is 12.4 Å². The first-order valence-electron chi connectivity index (χ1n) is 9.50. The number of thiophene rings is 1. The first kappa shape index (κ1) is 21.8. The Bertz CT molecular complexity index is 1080. The maximum absolute atomic E-state index is 13.3. The van der Waals surface area contributed by atoms with Gasteiger partial charge in [-0.05, 0) is 19.4 Å². The summed E-state index contributed by atoms with van der Waals surface area (Å²) in [5, 5.41) is 0. The Morgan fingerprint density at radius 1 is 1.17 bits per heavy atom. The van der Waals surface area contributed by atoms with E-state index in [-0.39, 0.29) is 24.8 Å². The van der Waals surface area contributed by atoms with Crippen LogP contribution in [0.2, 0.25) is 0 Å². The third-order valence-corrected chi connectivity index (χ3v) is 6.74. The monoisotopic (exact) mass is 436 g/mol. The van der Waals surface area contributed by atoms with Crippen LogP contribution in [0.5, 0.6) is 0 Å². The van der Waals surface area contributed by atoms with Crippen LogP contribution in [0.25, 0.3) is 5.69 Å². The highest BCUT2D eigenvalue weighted by molar-refractivity contribution is 8.01. The van der Waals surface area contributed by atoms with Crippen molar-refractivity contribution in [2.24, 2.45) is 0 Å². The van der Waals surface area contributed by atoms with Crippen molar-refractivity contribution >= 4 is 34.9 Å². The first-order chi connectivity index (χ1) is 14.5. The van der Waals surface area contributed by atoms with Crippen molar-refractivity contribution in [2.45, 2.75) is 24.5 Å². The third kappa shape index (κ3) is 4.99. The fraction of sp³-hybridized carbons (Fsp3) is 0.208. The minimum atomic E-state index is -0.361.